The van der Waals surface area contributed by atoms with Crippen molar-refractivity contribution in [3.63, 3.8) is 0 Å². The lowest BCUT2D eigenvalue weighted by Crippen LogP contribution is -2.70. The molecule has 0 aromatic rings. The van der Waals surface area contributed by atoms with Crippen LogP contribution in [0.25, 0.3) is 0 Å². The molecule has 1 aliphatic carbocycles. The minimum atomic E-state index is -0.601. The van der Waals surface area contributed by atoms with Crippen LogP contribution in [0.1, 0.15) is 46.5 Å². The van der Waals surface area contributed by atoms with E-state index in [0.29, 0.717) is 12.5 Å². The average molecular weight is 238 g/mol. The second-order valence-corrected chi connectivity index (χ2v) is 5.32. The van der Waals surface area contributed by atoms with Crippen LogP contribution in [0.5, 0.6) is 0 Å². The van der Waals surface area contributed by atoms with Gasteiger partial charge in [0.2, 0.25) is 11.8 Å². The standard InChI is InChI=1S/C13H22N2O2/c1-4-6-10-11(16)15(5-2)13(3,9-7-8-9)12(17)14-10/h9-10H,4-8H2,1-3H3,(H,14,17). The molecule has 2 rings (SSSR count). The van der Waals surface area contributed by atoms with Gasteiger partial charge in [-0.25, -0.2) is 0 Å². The van der Waals surface area contributed by atoms with Gasteiger partial charge >= 0.3 is 0 Å². The van der Waals surface area contributed by atoms with Crippen LogP contribution < -0.4 is 5.32 Å². The zero-order chi connectivity index (χ0) is 12.6. The normalized spacial score (nSPS) is 33.8. The van der Waals surface area contributed by atoms with E-state index >= 15 is 0 Å². The number of likely N-dealkylation sites (N-methyl/N-ethyl adjacent to an activating group) is 1. The molecule has 0 spiro atoms. The van der Waals surface area contributed by atoms with Gasteiger partial charge in [-0.05, 0) is 39.0 Å². The second kappa shape index (κ2) is 4.31. The average Bonchev–Trinajstić information content (AvgIpc) is 3.11. The number of carbonyl (C=O) groups excluding carboxylic acids is 2. The molecule has 1 N–H and O–H groups in total. The maximum absolute atomic E-state index is 12.4. The van der Waals surface area contributed by atoms with Gasteiger partial charge in [0.15, 0.2) is 0 Å². The molecular weight excluding hydrogens is 216 g/mol. The number of carbonyl (C=O) groups is 2. The molecule has 1 aliphatic heterocycles. The van der Waals surface area contributed by atoms with Crippen molar-refractivity contribution in [2.45, 2.75) is 58.0 Å². The second-order valence-electron chi connectivity index (χ2n) is 5.32. The van der Waals surface area contributed by atoms with E-state index in [2.05, 4.69) is 5.32 Å². The van der Waals surface area contributed by atoms with Crippen molar-refractivity contribution in [2.75, 3.05) is 6.54 Å². The van der Waals surface area contributed by atoms with E-state index in [1.807, 2.05) is 20.8 Å². The molecular formula is C13H22N2O2. The first kappa shape index (κ1) is 12.4. The highest BCUT2D eigenvalue weighted by Gasteiger charge is 2.56. The predicted molar refractivity (Wildman–Crippen MR) is 65.4 cm³/mol. The zero-order valence-corrected chi connectivity index (χ0v) is 11.0. The third-order valence-electron chi connectivity index (χ3n) is 4.16. The van der Waals surface area contributed by atoms with E-state index in [4.69, 9.17) is 0 Å². The SMILES string of the molecule is CCCC1NC(=O)C(C)(C2CC2)N(CC)C1=O. The van der Waals surface area contributed by atoms with Crippen molar-refractivity contribution >= 4 is 11.8 Å². The monoisotopic (exact) mass is 238 g/mol. The number of nitrogens with one attached hydrogen (secondary N) is 1. The van der Waals surface area contributed by atoms with Crippen LogP contribution in [0, 0.1) is 5.92 Å². The summed E-state index contributed by atoms with van der Waals surface area (Å²) in [5.41, 5.74) is -0.601. The first-order chi connectivity index (χ1) is 8.05. The molecule has 1 heterocycles. The Kier molecular flexibility index (Phi) is 3.15. The van der Waals surface area contributed by atoms with Gasteiger partial charge in [0.1, 0.15) is 11.6 Å². The van der Waals surface area contributed by atoms with Crippen molar-refractivity contribution in [1.82, 2.24) is 10.2 Å². The summed E-state index contributed by atoms with van der Waals surface area (Å²) in [6.45, 7) is 6.54. The topological polar surface area (TPSA) is 49.4 Å². The molecule has 2 aliphatic rings. The van der Waals surface area contributed by atoms with Gasteiger partial charge in [0.25, 0.3) is 0 Å². The lowest BCUT2D eigenvalue weighted by Gasteiger charge is -2.46. The summed E-state index contributed by atoms with van der Waals surface area (Å²) in [4.78, 5) is 26.4. The van der Waals surface area contributed by atoms with E-state index in [-0.39, 0.29) is 17.9 Å². The Labute approximate surface area is 103 Å². The number of amides is 2. The van der Waals surface area contributed by atoms with E-state index < -0.39 is 5.54 Å². The molecule has 0 aromatic heterocycles. The molecule has 4 nitrogen and oxygen atoms in total. The van der Waals surface area contributed by atoms with Crippen molar-refractivity contribution in [2.24, 2.45) is 5.92 Å². The maximum Gasteiger partial charge on any atom is 0.246 e. The van der Waals surface area contributed by atoms with Crippen LogP contribution >= 0.6 is 0 Å². The molecule has 0 radical (unpaired) electrons. The van der Waals surface area contributed by atoms with Crippen molar-refractivity contribution in [3.05, 3.63) is 0 Å². The predicted octanol–water partition coefficient (Wildman–Crippen LogP) is 1.30. The van der Waals surface area contributed by atoms with Crippen LogP contribution in [0.3, 0.4) is 0 Å². The molecule has 2 amide bonds. The Hall–Kier alpha value is -1.06. The highest BCUT2D eigenvalue weighted by molar-refractivity contribution is 6.00. The van der Waals surface area contributed by atoms with Gasteiger partial charge in [-0.3, -0.25) is 9.59 Å². The summed E-state index contributed by atoms with van der Waals surface area (Å²) in [7, 11) is 0. The summed E-state index contributed by atoms with van der Waals surface area (Å²) in [6.07, 6.45) is 3.77. The summed E-state index contributed by atoms with van der Waals surface area (Å²) in [5, 5.41) is 2.91. The number of piperazine rings is 1. The largest absolute Gasteiger partial charge is 0.342 e. The Morgan fingerprint density at radius 2 is 2.00 bits per heavy atom. The molecule has 17 heavy (non-hydrogen) atoms. The number of rotatable bonds is 4. The lowest BCUT2D eigenvalue weighted by atomic mass is 9.87. The summed E-state index contributed by atoms with van der Waals surface area (Å²) in [6, 6.07) is -0.306. The number of hydrogen-bond acceptors (Lipinski definition) is 2. The third-order valence-corrected chi connectivity index (χ3v) is 4.16. The molecule has 96 valence electrons. The van der Waals surface area contributed by atoms with E-state index in [1.54, 1.807) is 4.90 Å². The van der Waals surface area contributed by atoms with Crippen LogP contribution in [-0.4, -0.2) is 34.8 Å². The zero-order valence-electron chi connectivity index (χ0n) is 11.0. The van der Waals surface area contributed by atoms with E-state index in [1.165, 1.54) is 0 Å². The quantitative estimate of drug-likeness (QED) is 0.802. The Morgan fingerprint density at radius 1 is 1.35 bits per heavy atom. The molecule has 1 saturated heterocycles. The minimum absolute atomic E-state index is 0.0416. The van der Waals surface area contributed by atoms with Gasteiger partial charge < -0.3 is 10.2 Å². The molecule has 0 bridgehead atoms. The molecule has 2 fully saturated rings. The van der Waals surface area contributed by atoms with Gasteiger partial charge in [0, 0.05) is 6.54 Å². The fourth-order valence-electron chi connectivity index (χ4n) is 2.93. The van der Waals surface area contributed by atoms with Crippen LogP contribution in [0.4, 0.5) is 0 Å². The first-order valence-corrected chi connectivity index (χ1v) is 6.68. The highest BCUT2D eigenvalue weighted by atomic mass is 16.2. The Bertz CT molecular complexity index is 338. The van der Waals surface area contributed by atoms with Gasteiger partial charge in [-0.2, -0.15) is 0 Å². The van der Waals surface area contributed by atoms with Crippen molar-refractivity contribution < 1.29 is 9.59 Å². The Morgan fingerprint density at radius 3 is 2.47 bits per heavy atom. The number of hydrogen-bond donors (Lipinski definition) is 1. The van der Waals surface area contributed by atoms with Gasteiger partial charge in [-0.1, -0.05) is 13.3 Å². The molecule has 2 atom stereocenters. The van der Waals surface area contributed by atoms with Crippen molar-refractivity contribution in [1.29, 1.82) is 0 Å². The van der Waals surface area contributed by atoms with E-state index in [9.17, 15) is 9.59 Å². The summed E-state index contributed by atoms with van der Waals surface area (Å²) in [5.74, 6) is 0.497. The van der Waals surface area contributed by atoms with E-state index in [0.717, 1.165) is 25.7 Å². The fourth-order valence-corrected chi connectivity index (χ4v) is 2.93. The molecule has 1 saturated carbocycles. The minimum Gasteiger partial charge on any atom is -0.342 e. The number of nitrogens with zero attached hydrogens (tertiary/aromatic N) is 1. The Balaban J connectivity index is 2.25. The van der Waals surface area contributed by atoms with Gasteiger partial charge in [0.05, 0.1) is 0 Å². The van der Waals surface area contributed by atoms with Gasteiger partial charge in [-0.15, -0.1) is 0 Å². The van der Waals surface area contributed by atoms with Crippen molar-refractivity contribution in [3.8, 4) is 0 Å². The highest BCUT2D eigenvalue weighted by Crippen LogP contribution is 2.44. The fraction of sp³-hybridized carbons (Fsp3) is 0.846. The maximum atomic E-state index is 12.4. The molecule has 2 unspecified atom stereocenters. The van der Waals surface area contributed by atoms with Crippen LogP contribution in [-0.2, 0) is 9.59 Å². The van der Waals surface area contributed by atoms with Crippen LogP contribution in [0.15, 0.2) is 0 Å². The summed E-state index contributed by atoms with van der Waals surface area (Å²) < 4.78 is 0. The summed E-state index contributed by atoms with van der Waals surface area (Å²) >= 11 is 0. The molecule has 0 aromatic carbocycles. The van der Waals surface area contributed by atoms with Crippen LogP contribution in [0.2, 0.25) is 0 Å². The lowest BCUT2D eigenvalue weighted by molar-refractivity contribution is -0.157. The smallest absolute Gasteiger partial charge is 0.246 e. The molecule has 4 heteroatoms. The first-order valence-electron chi connectivity index (χ1n) is 6.68. The third kappa shape index (κ3) is 1.83.